The maximum Gasteiger partial charge on any atom is 0.408 e. The van der Waals surface area contributed by atoms with E-state index in [0.717, 1.165) is 0 Å². The second-order valence-corrected chi connectivity index (χ2v) is 5.00. The summed E-state index contributed by atoms with van der Waals surface area (Å²) in [4.78, 5) is 25.7. The Kier molecular flexibility index (Phi) is 4.80. The van der Waals surface area contributed by atoms with Gasteiger partial charge in [-0.2, -0.15) is 0 Å². The van der Waals surface area contributed by atoms with Crippen LogP contribution in [0.15, 0.2) is 24.5 Å². The van der Waals surface area contributed by atoms with Crippen molar-refractivity contribution >= 4 is 6.09 Å². The van der Waals surface area contributed by atoms with Crippen molar-refractivity contribution in [1.29, 1.82) is 0 Å². The van der Waals surface area contributed by atoms with E-state index in [1.165, 1.54) is 6.20 Å². The van der Waals surface area contributed by atoms with E-state index in [1.54, 1.807) is 39.1 Å². The Morgan fingerprint density at radius 2 is 2.26 bits per heavy atom. The van der Waals surface area contributed by atoms with Crippen LogP contribution in [0, 0.1) is 10.1 Å². The van der Waals surface area contributed by atoms with E-state index in [4.69, 9.17) is 4.74 Å². The SMILES string of the molecule is CC(C)(C)OC(=O)N[C@@H](C[N+](=O)[O-])c1cccnc1. The summed E-state index contributed by atoms with van der Waals surface area (Å²) in [6, 6.07) is 2.55. The molecule has 1 heterocycles. The second kappa shape index (κ2) is 6.12. The Labute approximate surface area is 111 Å². The molecular formula is C12H17N3O4. The first-order valence-corrected chi connectivity index (χ1v) is 5.79. The van der Waals surface area contributed by atoms with E-state index in [0.29, 0.717) is 5.56 Å². The molecule has 0 unspecified atom stereocenters. The van der Waals surface area contributed by atoms with Gasteiger partial charge in [0.05, 0.1) is 0 Å². The van der Waals surface area contributed by atoms with Gasteiger partial charge in [0.1, 0.15) is 11.6 Å². The molecule has 1 amide bonds. The summed E-state index contributed by atoms with van der Waals surface area (Å²) in [5.74, 6) is 0. The number of ether oxygens (including phenoxy) is 1. The predicted octanol–water partition coefficient (Wildman–Crippen LogP) is 1.92. The maximum atomic E-state index is 11.6. The van der Waals surface area contributed by atoms with Crippen LogP contribution in [0.5, 0.6) is 0 Å². The number of nitro groups is 1. The number of rotatable bonds is 4. The molecule has 104 valence electrons. The molecule has 0 saturated heterocycles. The molecule has 7 nitrogen and oxygen atoms in total. The van der Waals surface area contributed by atoms with Crippen LogP contribution in [0.4, 0.5) is 4.79 Å². The number of pyridine rings is 1. The smallest absolute Gasteiger partial charge is 0.408 e. The molecule has 0 saturated carbocycles. The van der Waals surface area contributed by atoms with Crippen LogP contribution < -0.4 is 5.32 Å². The molecule has 19 heavy (non-hydrogen) atoms. The number of hydrogen-bond donors (Lipinski definition) is 1. The molecule has 0 aliphatic heterocycles. The third-order valence-electron chi connectivity index (χ3n) is 2.11. The fourth-order valence-corrected chi connectivity index (χ4v) is 1.42. The van der Waals surface area contributed by atoms with Crippen LogP contribution in [0.3, 0.4) is 0 Å². The summed E-state index contributed by atoms with van der Waals surface area (Å²) in [7, 11) is 0. The third kappa shape index (κ3) is 5.80. The van der Waals surface area contributed by atoms with Gasteiger partial charge in [-0.15, -0.1) is 0 Å². The molecule has 0 bridgehead atoms. The summed E-state index contributed by atoms with van der Waals surface area (Å²) >= 11 is 0. The van der Waals surface area contributed by atoms with Crippen molar-refractivity contribution in [1.82, 2.24) is 10.3 Å². The summed E-state index contributed by atoms with van der Waals surface area (Å²) in [5.41, 5.74) is -0.0943. The zero-order valence-corrected chi connectivity index (χ0v) is 11.1. The van der Waals surface area contributed by atoms with Gasteiger partial charge in [0, 0.05) is 17.3 Å². The number of carbonyl (C=O) groups is 1. The molecule has 7 heteroatoms. The van der Waals surface area contributed by atoms with Gasteiger partial charge in [0.15, 0.2) is 0 Å². The number of carbonyl (C=O) groups excluding carboxylic acids is 1. The molecule has 1 N–H and O–H groups in total. The van der Waals surface area contributed by atoms with E-state index in [1.807, 2.05) is 0 Å². The molecule has 0 aliphatic rings. The molecule has 0 fully saturated rings. The van der Waals surface area contributed by atoms with Crippen LogP contribution in [-0.2, 0) is 4.74 Å². The minimum absolute atomic E-state index is 0.426. The Morgan fingerprint density at radius 1 is 1.58 bits per heavy atom. The molecule has 1 rings (SSSR count). The highest BCUT2D eigenvalue weighted by molar-refractivity contribution is 5.68. The predicted molar refractivity (Wildman–Crippen MR) is 68.2 cm³/mol. The van der Waals surface area contributed by atoms with Crippen molar-refractivity contribution in [2.75, 3.05) is 6.54 Å². The van der Waals surface area contributed by atoms with Crippen LogP contribution >= 0.6 is 0 Å². The number of nitrogens with zero attached hydrogens (tertiary/aromatic N) is 2. The van der Waals surface area contributed by atoms with E-state index in [9.17, 15) is 14.9 Å². The van der Waals surface area contributed by atoms with Gasteiger partial charge >= 0.3 is 6.09 Å². The lowest BCUT2D eigenvalue weighted by atomic mass is 10.1. The second-order valence-electron chi connectivity index (χ2n) is 5.00. The van der Waals surface area contributed by atoms with Crippen molar-refractivity contribution in [3.63, 3.8) is 0 Å². The standard InChI is InChI=1S/C12H17N3O4/c1-12(2,3)19-11(16)14-10(8-15(17)18)9-5-4-6-13-7-9/h4-7,10H,8H2,1-3H3,(H,14,16)/t10-/m0/s1. The number of amides is 1. The highest BCUT2D eigenvalue weighted by Gasteiger charge is 2.23. The zero-order valence-electron chi connectivity index (χ0n) is 11.1. The average Bonchev–Trinajstić information content (AvgIpc) is 2.26. The summed E-state index contributed by atoms with van der Waals surface area (Å²) < 4.78 is 5.08. The van der Waals surface area contributed by atoms with Crippen molar-refractivity contribution in [3.05, 3.63) is 40.2 Å². The summed E-state index contributed by atoms with van der Waals surface area (Å²) in [5, 5.41) is 13.1. The molecular weight excluding hydrogens is 250 g/mol. The number of alkyl carbamates (subject to hydrolysis) is 1. The van der Waals surface area contributed by atoms with E-state index in [2.05, 4.69) is 10.3 Å². The maximum absolute atomic E-state index is 11.6. The largest absolute Gasteiger partial charge is 0.444 e. The first kappa shape index (κ1) is 14.9. The third-order valence-corrected chi connectivity index (χ3v) is 2.11. The molecule has 0 aromatic carbocycles. The van der Waals surface area contributed by atoms with E-state index < -0.39 is 29.2 Å². The normalized spacial score (nSPS) is 12.6. The van der Waals surface area contributed by atoms with Crippen LogP contribution in [0.2, 0.25) is 0 Å². The zero-order chi connectivity index (χ0) is 14.5. The fourth-order valence-electron chi connectivity index (χ4n) is 1.42. The molecule has 0 radical (unpaired) electrons. The highest BCUT2D eigenvalue weighted by atomic mass is 16.6. The van der Waals surface area contributed by atoms with Crippen LogP contribution in [-0.4, -0.2) is 28.1 Å². The van der Waals surface area contributed by atoms with Gasteiger partial charge in [-0.3, -0.25) is 15.1 Å². The molecule has 1 aromatic rings. The number of hydrogen-bond acceptors (Lipinski definition) is 5. The van der Waals surface area contributed by atoms with E-state index in [-0.39, 0.29) is 0 Å². The topological polar surface area (TPSA) is 94.4 Å². The lowest BCUT2D eigenvalue weighted by Crippen LogP contribution is -2.37. The lowest BCUT2D eigenvalue weighted by molar-refractivity contribution is -0.484. The molecule has 1 aromatic heterocycles. The quantitative estimate of drug-likeness (QED) is 0.664. The average molecular weight is 267 g/mol. The Balaban J connectivity index is 2.76. The first-order valence-electron chi connectivity index (χ1n) is 5.79. The minimum Gasteiger partial charge on any atom is -0.444 e. The summed E-state index contributed by atoms with van der Waals surface area (Å²) in [6.07, 6.45) is 2.34. The van der Waals surface area contributed by atoms with Crippen LogP contribution in [0.1, 0.15) is 32.4 Å². The molecule has 1 atom stereocenters. The first-order chi connectivity index (χ1) is 8.78. The van der Waals surface area contributed by atoms with Crippen molar-refractivity contribution in [2.24, 2.45) is 0 Å². The fraction of sp³-hybridized carbons (Fsp3) is 0.500. The monoisotopic (exact) mass is 267 g/mol. The van der Waals surface area contributed by atoms with Gasteiger partial charge in [-0.05, 0) is 32.4 Å². The number of aromatic nitrogens is 1. The van der Waals surface area contributed by atoms with Gasteiger partial charge in [-0.1, -0.05) is 6.07 Å². The molecule has 0 aliphatic carbocycles. The van der Waals surface area contributed by atoms with E-state index >= 15 is 0 Å². The van der Waals surface area contributed by atoms with Crippen LogP contribution in [0.25, 0.3) is 0 Å². The Morgan fingerprint density at radius 3 is 2.74 bits per heavy atom. The van der Waals surface area contributed by atoms with Gasteiger partial charge in [0.2, 0.25) is 6.54 Å². The Bertz CT molecular complexity index is 442. The lowest BCUT2D eigenvalue weighted by Gasteiger charge is -2.22. The van der Waals surface area contributed by atoms with Crippen molar-refractivity contribution in [2.45, 2.75) is 32.4 Å². The summed E-state index contributed by atoms with van der Waals surface area (Å²) in [6.45, 7) is 4.74. The Hall–Kier alpha value is -2.18. The van der Waals surface area contributed by atoms with Gasteiger partial charge in [-0.25, -0.2) is 4.79 Å². The minimum atomic E-state index is -0.765. The molecule has 0 spiro atoms. The number of nitrogens with one attached hydrogen (secondary N) is 1. The van der Waals surface area contributed by atoms with Crippen molar-refractivity contribution in [3.8, 4) is 0 Å². The van der Waals surface area contributed by atoms with Gasteiger partial charge < -0.3 is 10.1 Å². The highest BCUT2D eigenvalue weighted by Crippen LogP contribution is 2.13. The van der Waals surface area contributed by atoms with Gasteiger partial charge in [0.25, 0.3) is 0 Å². The van der Waals surface area contributed by atoms with Crippen molar-refractivity contribution < 1.29 is 14.5 Å².